The van der Waals surface area contributed by atoms with Crippen LogP contribution in [0.25, 0.3) is 21.5 Å². The molecule has 34 heavy (non-hydrogen) atoms. The van der Waals surface area contributed by atoms with Crippen LogP contribution in [-0.4, -0.2) is 20.3 Å². The summed E-state index contributed by atoms with van der Waals surface area (Å²) in [6.45, 7) is 9.88. The Morgan fingerprint density at radius 1 is 0.765 bits per heavy atom. The van der Waals surface area contributed by atoms with E-state index in [4.69, 9.17) is 24.1 Å². The molecule has 4 aromatic carbocycles. The topological polar surface area (TPSA) is 9.23 Å². The molecule has 0 radical (unpaired) electrons. The van der Waals surface area contributed by atoms with E-state index in [0.29, 0.717) is 0 Å². The predicted octanol–water partition coefficient (Wildman–Crippen LogP) is 8.38. The first-order valence-electron chi connectivity index (χ1n) is 12.4. The first kappa shape index (κ1) is 27.6. The molecule has 1 nitrogen and oxygen atoms in total. The molecule has 180 valence electrons. The van der Waals surface area contributed by atoms with E-state index in [9.17, 15) is 0 Å². The molecule has 0 aliphatic carbocycles. The van der Waals surface area contributed by atoms with Crippen molar-refractivity contribution >= 4 is 59.4 Å². The molecule has 0 unspecified atom stereocenters. The van der Waals surface area contributed by atoms with Crippen LogP contribution in [0, 0.1) is 0 Å². The van der Waals surface area contributed by atoms with Gasteiger partial charge >= 0.3 is 34.5 Å². The van der Waals surface area contributed by atoms with E-state index >= 15 is 0 Å². The van der Waals surface area contributed by atoms with E-state index in [-0.39, 0.29) is 5.60 Å². The van der Waals surface area contributed by atoms with Gasteiger partial charge in [-0.15, -0.1) is 68.3 Å². The zero-order chi connectivity index (χ0) is 24.6. The SMILES string of the molecule is CC(C)(C)OCCCCCC[Si](C)([c-]1ccc2ccccc21)[c-]1ccc2ccccc21.[Cl][Zn][Cl]. The number of rotatable bonds is 9. The Morgan fingerprint density at radius 3 is 1.74 bits per heavy atom. The summed E-state index contributed by atoms with van der Waals surface area (Å²) in [5.74, 6) is 0. The van der Waals surface area contributed by atoms with E-state index < -0.39 is 23.2 Å². The molecule has 0 aliphatic rings. The van der Waals surface area contributed by atoms with Gasteiger partial charge in [0.25, 0.3) is 0 Å². The van der Waals surface area contributed by atoms with Gasteiger partial charge in [-0.05, 0) is 27.2 Å². The molecular weight excluding hydrogens is 529 g/mol. The Labute approximate surface area is 222 Å². The Balaban J connectivity index is 0.00000103. The standard InChI is InChI=1S/C29H36OSi.2ClH.Zn/c1-29(2,3)30-21-11-5-6-12-22-31(4,27-19-17-23-13-7-9-15-25(23)27)28-20-18-24-14-8-10-16-26(24)28;;;/h7-10,13-20H,5-6,11-12,21-22H2,1-4H3;2*1H;/q-2;;;+2/p-2. The number of fused-ring (bicyclic) bond motifs is 2. The second kappa shape index (κ2) is 12.8. The zero-order valence-corrected chi connectivity index (χ0v) is 26.5. The van der Waals surface area contributed by atoms with Crippen molar-refractivity contribution in [2.75, 3.05) is 6.61 Å². The van der Waals surface area contributed by atoms with Gasteiger partial charge < -0.3 is 4.74 Å². The summed E-state index contributed by atoms with van der Waals surface area (Å²) in [7, 11) is 8.05. The maximum absolute atomic E-state index is 5.90. The van der Waals surface area contributed by atoms with Crippen molar-refractivity contribution in [1.82, 2.24) is 0 Å². The summed E-state index contributed by atoms with van der Waals surface area (Å²) in [5, 5.41) is 8.89. The molecule has 4 rings (SSSR count). The van der Waals surface area contributed by atoms with Crippen molar-refractivity contribution in [2.45, 2.75) is 64.6 Å². The summed E-state index contributed by atoms with van der Waals surface area (Å²) in [6.07, 6.45) is 4.99. The summed E-state index contributed by atoms with van der Waals surface area (Å²) in [4.78, 5) is 0. The molecule has 0 N–H and O–H groups in total. The number of ether oxygens (including phenoxy) is 1. The molecule has 0 saturated carbocycles. The van der Waals surface area contributed by atoms with E-state index in [0.717, 1.165) is 13.0 Å². The predicted molar refractivity (Wildman–Crippen MR) is 151 cm³/mol. The maximum atomic E-state index is 5.90. The van der Waals surface area contributed by atoms with Crippen LogP contribution in [0.4, 0.5) is 0 Å². The third-order valence-electron chi connectivity index (χ3n) is 6.66. The molecule has 0 atom stereocenters. The van der Waals surface area contributed by atoms with Crippen molar-refractivity contribution < 1.29 is 19.9 Å². The molecule has 5 heteroatoms. The van der Waals surface area contributed by atoms with Gasteiger partial charge in [-0.2, -0.15) is 24.3 Å². The second-order valence-electron chi connectivity index (χ2n) is 10.2. The minimum absolute atomic E-state index is 0.0246. The molecule has 0 aliphatic heterocycles. The monoisotopic (exact) mass is 562 g/mol. The molecule has 0 amide bonds. The summed E-state index contributed by atoms with van der Waals surface area (Å²) < 4.78 is 5.90. The van der Waals surface area contributed by atoms with E-state index in [1.165, 1.54) is 46.9 Å². The van der Waals surface area contributed by atoms with Crippen LogP contribution in [0.5, 0.6) is 0 Å². The van der Waals surface area contributed by atoms with Crippen LogP contribution >= 0.6 is 19.4 Å². The Hall–Kier alpha value is -0.960. The average Bonchev–Trinajstić information content (AvgIpc) is 3.43. The van der Waals surface area contributed by atoms with Crippen molar-refractivity contribution in [3.05, 3.63) is 72.8 Å². The van der Waals surface area contributed by atoms with Crippen LogP contribution in [0.3, 0.4) is 0 Å². The van der Waals surface area contributed by atoms with Crippen LogP contribution in [-0.2, 0) is 19.9 Å². The number of hydrogen-bond acceptors (Lipinski definition) is 1. The quantitative estimate of drug-likeness (QED) is 0.113. The molecule has 0 saturated heterocycles. The fourth-order valence-corrected chi connectivity index (χ4v) is 9.32. The average molecular weight is 565 g/mol. The second-order valence-corrected chi connectivity index (χ2v) is 19.1. The third kappa shape index (κ3) is 7.05. The van der Waals surface area contributed by atoms with Gasteiger partial charge in [0, 0.05) is 14.7 Å². The van der Waals surface area contributed by atoms with Gasteiger partial charge in [0.2, 0.25) is 0 Å². The molecule has 0 spiro atoms. The number of hydrogen-bond donors (Lipinski definition) is 0. The molecule has 0 aromatic heterocycles. The summed E-state index contributed by atoms with van der Waals surface area (Å²) in [6, 6.07) is 28.7. The summed E-state index contributed by atoms with van der Waals surface area (Å²) >= 11 is -0.931. The molecule has 0 fully saturated rings. The van der Waals surface area contributed by atoms with Gasteiger partial charge in [-0.25, -0.2) is 0 Å². The Bertz CT molecular complexity index is 1080. The third-order valence-corrected chi connectivity index (χ3v) is 11.3. The normalized spacial score (nSPS) is 11.9. The zero-order valence-electron chi connectivity index (χ0n) is 21.0. The van der Waals surface area contributed by atoms with Crippen LogP contribution < -0.4 is 10.4 Å². The van der Waals surface area contributed by atoms with Crippen molar-refractivity contribution in [2.24, 2.45) is 0 Å². The number of halogens is 2. The molecule has 4 aromatic rings. The van der Waals surface area contributed by atoms with Gasteiger partial charge in [0.05, 0.1) is 5.60 Å². The van der Waals surface area contributed by atoms with Gasteiger partial charge in [0.15, 0.2) is 0 Å². The fourth-order valence-electron chi connectivity index (χ4n) is 4.99. The molecular formula is C29H36Cl2OSiZn-2. The Kier molecular flexibility index (Phi) is 10.4. The first-order valence-corrected chi connectivity index (χ1v) is 22.9. The van der Waals surface area contributed by atoms with Crippen molar-refractivity contribution in [1.29, 1.82) is 0 Å². The molecule has 0 heterocycles. The van der Waals surface area contributed by atoms with Crippen molar-refractivity contribution in [3.63, 3.8) is 0 Å². The van der Waals surface area contributed by atoms with E-state index in [1.807, 2.05) is 0 Å². The first-order chi connectivity index (χ1) is 16.3. The molecule has 0 bridgehead atoms. The Morgan fingerprint density at radius 2 is 1.24 bits per heavy atom. The van der Waals surface area contributed by atoms with Gasteiger partial charge in [0.1, 0.15) is 0 Å². The fraction of sp³-hybridized carbons (Fsp3) is 0.379. The van der Waals surface area contributed by atoms with E-state index in [1.54, 1.807) is 10.4 Å². The van der Waals surface area contributed by atoms with Gasteiger partial charge in [-0.3, -0.25) is 0 Å². The van der Waals surface area contributed by atoms with E-state index in [2.05, 4.69) is 100 Å². The summed E-state index contributed by atoms with van der Waals surface area (Å²) in [5.41, 5.74) is -0.0246. The number of benzene rings is 2. The minimum atomic E-state index is -1.86. The van der Waals surface area contributed by atoms with Crippen LogP contribution in [0.2, 0.25) is 12.6 Å². The van der Waals surface area contributed by atoms with Crippen LogP contribution in [0.15, 0.2) is 72.8 Å². The van der Waals surface area contributed by atoms with Crippen LogP contribution in [0.1, 0.15) is 46.5 Å². The van der Waals surface area contributed by atoms with Crippen molar-refractivity contribution in [3.8, 4) is 0 Å². The number of unbranched alkanes of at least 4 members (excludes halogenated alkanes) is 3. The van der Waals surface area contributed by atoms with Gasteiger partial charge in [-0.1, -0.05) is 44.0 Å².